The van der Waals surface area contributed by atoms with Gasteiger partial charge in [0, 0.05) is 12.4 Å². The number of halogens is 2. The summed E-state index contributed by atoms with van der Waals surface area (Å²) in [4.78, 5) is 3.97. The smallest absolute Gasteiger partial charge is 0.0992 e. The van der Waals surface area contributed by atoms with E-state index in [4.69, 9.17) is 16.9 Å². The second-order valence-electron chi connectivity index (χ2n) is 3.29. The van der Waals surface area contributed by atoms with Crippen LogP contribution in [0.5, 0.6) is 0 Å². The van der Waals surface area contributed by atoms with Crippen LogP contribution >= 0.6 is 27.5 Å². The van der Waals surface area contributed by atoms with Crippen molar-refractivity contribution in [1.82, 2.24) is 4.98 Å². The Hall–Kier alpha value is -1.57. The largest absolute Gasteiger partial charge is 0.353 e. The van der Waals surface area contributed by atoms with Crippen molar-refractivity contribution < 1.29 is 0 Å². The number of rotatable bonds is 2. The summed E-state index contributed by atoms with van der Waals surface area (Å²) in [6, 6.07) is 8.96. The average Bonchev–Trinajstić information content (AvgIpc) is 2.35. The molecule has 0 atom stereocenters. The molecule has 3 nitrogen and oxygen atoms in total. The molecular formula is C12H7BrClN3. The summed E-state index contributed by atoms with van der Waals surface area (Å²) >= 11 is 9.43. The molecule has 0 aliphatic carbocycles. The zero-order valence-corrected chi connectivity index (χ0v) is 11.0. The van der Waals surface area contributed by atoms with Crippen LogP contribution < -0.4 is 5.32 Å². The quantitative estimate of drug-likeness (QED) is 0.908. The number of nitrogens with one attached hydrogen (secondary N) is 1. The number of nitriles is 1. The molecule has 1 aromatic carbocycles. The monoisotopic (exact) mass is 307 g/mol. The number of hydrogen-bond donors (Lipinski definition) is 1. The van der Waals surface area contributed by atoms with Gasteiger partial charge in [-0.3, -0.25) is 4.98 Å². The highest BCUT2D eigenvalue weighted by Gasteiger charge is 2.04. The molecule has 5 heteroatoms. The van der Waals surface area contributed by atoms with E-state index >= 15 is 0 Å². The topological polar surface area (TPSA) is 48.7 Å². The summed E-state index contributed by atoms with van der Waals surface area (Å²) in [6.45, 7) is 0. The summed E-state index contributed by atoms with van der Waals surface area (Å²) < 4.78 is 0.832. The fraction of sp³-hybridized carbons (Fsp3) is 0. The highest BCUT2D eigenvalue weighted by molar-refractivity contribution is 9.10. The Morgan fingerprint density at radius 3 is 2.82 bits per heavy atom. The van der Waals surface area contributed by atoms with Crippen molar-refractivity contribution in [3.63, 3.8) is 0 Å². The van der Waals surface area contributed by atoms with Gasteiger partial charge in [0.2, 0.25) is 0 Å². The summed E-state index contributed by atoms with van der Waals surface area (Å²) in [7, 11) is 0. The lowest BCUT2D eigenvalue weighted by molar-refractivity contribution is 1.30. The van der Waals surface area contributed by atoms with Gasteiger partial charge in [0.05, 0.1) is 32.5 Å². The Kier molecular flexibility index (Phi) is 3.62. The van der Waals surface area contributed by atoms with E-state index in [-0.39, 0.29) is 0 Å². The van der Waals surface area contributed by atoms with E-state index in [0.717, 1.165) is 10.2 Å². The van der Waals surface area contributed by atoms with E-state index in [0.29, 0.717) is 16.3 Å². The molecule has 1 heterocycles. The molecule has 17 heavy (non-hydrogen) atoms. The van der Waals surface area contributed by atoms with Gasteiger partial charge < -0.3 is 5.32 Å². The van der Waals surface area contributed by atoms with Gasteiger partial charge in [0.1, 0.15) is 0 Å². The minimum Gasteiger partial charge on any atom is -0.353 e. The molecular weight excluding hydrogens is 302 g/mol. The van der Waals surface area contributed by atoms with Crippen molar-refractivity contribution in [1.29, 1.82) is 5.26 Å². The second kappa shape index (κ2) is 5.17. The van der Waals surface area contributed by atoms with E-state index in [9.17, 15) is 0 Å². The van der Waals surface area contributed by atoms with Crippen LogP contribution in [0.3, 0.4) is 0 Å². The third-order valence-corrected chi connectivity index (χ3v) is 3.10. The van der Waals surface area contributed by atoms with Crippen LogP contribution in [0.25, 0.3) is 0 Å². The van der Waals surface area contributed by atoms with Crippen molar-refractivity contribution in [2.75, 3.05) is 5.32 Å². The lowest BCUT2D eigenvalue weighted by Crippen LogP contribution is -1.93. The molecule has 0 aliphatic rings. The van der Waals surface area contributed by atoms with Gasteiger partial charge in [0.25, 0.3) is 0 Å². The fourth-order valence-corrected chi connectivity index (χ4v) is 1.83. The lowest BCUT2D eigenvalue weighted by Gasteiger charge is -2.09. The van der Waals surface area contributed by atoms with Crippen LogP contribution in [-0.2, 0) is 0 Å². The first-order valence-corrected chi connectivity index (χ1v) is 5.94. The van der Waals surface area contributed by atoms with E-state index in [1.54, 1.807) is 30.6 Å². The molecule has 84 valence electrons. The molecule has 0 aliphatic heterocycles. The first-order chi connectivity index (χ1) is 8.20. The maximum atomic E-state index is 8.83. The molecule has 0 saturated carbocycles. The predicted octanol–water partition coefficient (Wildman–Crippen LogP) is 4.11. The molecule has 0 unspecified atom stereocenters. The van der Waals surface area contributed by atoms with Gasteiger partial charge >= 0.3 is 0 Å². The standard InChI is InChI=1S/C12H7BrClN3/c13-9-7-16-4-3-11(9)17-12-5-8(6-15)1-2-10(12)14/h1-5,7H,(H,16,17). The van der Waals surface area contributed by atoms with Crippen molar-refractivity contribution >= 4 is 38.9 Å². The molecule has 0 fully saturated rings. The van der Waals surface area contributed by atoms with Crippen molar-refractivity contribution in [2.45, 2.75) is 0 Å². The molecule has 0 saturated heterocycles. The average molecular weight is 309 g/mol. The van der Waals surface area contributed by atoms with E-state index in [1.165, 1.54) is 0 Å². The SMILES string of the molecule is N#Cc1ccc(Cl)c(Nc2ccncc2Br)c1. The Labute approximate surface area is 112 Å². The number of pyridine rings is 1. The summed E-state index contributed by atoms with van der Waals surface area (Å²) in [5.41, 5.74) is 2.09. The number of nitrogens with zero attached hydrogens (tertiary/aromatic N) is 2. The van der Waals surface area contributed by atoms with Gasteiger partial charge in [-0.05, 0) is 40.2 Å². The van der Waals surface area contributed by atoms with Crippen LogP contribution in [0.1, 0.15) is 5.56 Å². The first-order valence-electron chi connectivity index (χ1n) is 4.77. The van der Waals surface area contributed by atoms with Gasteiger partial charge in [-0.2, -0.15) is 5.26 Å². The Balaban J connectivity index is 2.37. The molecule has 0 spiro atoms. The van der Waals surface area contributed by atoms with Gasteiger partial charge in [-0.15, -0.1) is 0 Å². The Bertz CT molecular complexity index is 593. The zero-order valence-electron chi connectivity index (χ0n) is 8.61. The molecule has 2 rings (SSSR count). The van der Waals surface area contributed by atoms with Crippen LogP contribution in [-0.4, -0.2) is 4.98 Å². The van der Waals surface area contributed by atoms with E-state index in [2.05, 4.69) is 32.3 Å². The number of aromatic nitrogens is 1. The minimum absolute atomic E-state index is 0.557. The number of hydrogen-bond acceptors (Lipinski definition) is 3. The molecule has 2 aromatic rings. The predicted molar refractivity (Wildman–Crippen MR) is 71.4 cm³/mol. The Morgan fingerprint density at radius 1 is 1.29 bits per heavy atom. The van der Waals surface area contributed by atoms with E-state index < -0.39 is 0 Å². The number of anilines is 2. The third kappa shape index (κ3) is 2.76. The molecule has 1 N–H and O–H groups in total. The number of benzene rings is 1. The molecule has 1 aromatic heterocycles. The van der Waals surface area contributed by atoms with Crippen LogP contribution in [0.15, 0.2) is 41.1 Å². The van der Waals surface area contributed by atoms with Gasteiger partial charge in [0.15, 0.2) is 0 Å². The van der Waals surface area contributed by atoms with E-state index in [1.807, 2.05) is 6.07 Å². The summed E-state index contributed by atoms with van der Waals surface area (Å²) in [6.07, 6.45) is 3.36. The Morgan fingerprint density at radius 2 is 2.12 bits per heavy atom. The van der Waals surface area contributed by atoms with Crippen LogP contribution in [0.2, 0.25) is 5.02 Å². The minimum atomic E-state index is 0.557. The fourth-order valence-electron chi connectivity index (χ4n) is 1.31. The normalized spacial score (nSPS) is 9.71. The van der Waals surface area contributed by atoms with Gasteiger partial charge in [-0.25, -0.2) is 0 Å². The van der Waals surface area contributed by atoms with Crippen molar-refractivity contribution in [2.24, 2.45) is 0 Å². The second-order valence-corrected chi connectivity index (χ2v) is 4.55. The third-order valence-electron chi connectivity index (χ3n) is 2.14. The maximum absolute atomic E-state index is 8.83. The summed E-state index contributed by atoms with van der Waals surface area (Å²) in [5.74, 6) is 0. The lowest BCUT2D eigenvalue weighted by atomic mass is 10.2. The highest BCUT2D eigenvalue weighted by Crippen LogP contribution is 2.29. The zero-order chi connectivity index (χ0) is 12.3. The highest BCUT2D eigenvalue weighted by atomic mass is 79.9. The first kappa shape index (κ1) is 11.9. The van der Waals surface area contributed by atoms with Crippen molar-refractivity contribution in [3.05, 3.63) is 51.7 Å². The summed E-state index contributed by atoms with van der Waals surface area (Å²) in [5, 5.41) is 12.5. The maximum Gasteiger partial charge on any atom is 0.0992 e. The molecule has 0 amide bonds. The molecule has 0 radical (unpaired) electrons. The van der Waals surface area contributed by atoms with Crippen LogP contribution in [0.4, 0.5) is 11.4 Å². The molecule has 0 bridgehead atoms. The van der Waals surface area contributed by atoms with Crippen molar-refractivity contribution in [3.8, 4) is 6.07 Å². The van der Waals surface area contributed by atoms with Crippen LogP contribution in [0, 0.1) is 11.3 Å². The van der Waals surface area contributed by atoms with Gasteiger partial charge in [-0.1, -0.05) is 11.6 Å².